The Morgan fingerprint density at radius 3 is 2.95 bits per heavy atom. The molecule has 0 saturated carbocycles. The molecule has 1 aromatic carbocycles. The van der Waals surface area contributed by atoms with E-state index in [9.17, 15) is 8.78 Å². The average Bonchev–Trinajstić information content (AvgIpc) is 2.95. The second-order valence-electron chi connectivity index (χ2n) is 4.71. The first-order valence-electron chi connectivity index (χ1n) is 6.32. The lowest BCUT2D eigenvalue weighted by atomic mass is 10.3. The van der Waals surface area contributed by atoms with E-state index in [2.05, 4.69) is 25.8 Å². The van der Waals surface area contributed by atoms with Crippen molar-refractivity contribution in [3.8, 4) is 11.9 Å². The molecule has 0 bridgehead atoms. The maximum absolute atomic E-state index is 13.6. The summed E-state index contributed by atoms with van der Waals surface area (Å²) in [5, 5.41) is 12.4. The molecule has 0 amide bonds. The summed E-state index contributed by atoms with van der Waals surface area (Å²) in [6, 6.07) is 7.47. The zero-order chi connectivity index (χ0) is 16.2. The van der Waals surface area contributed by atoms with E-state index in [1.165, 1.54) is 24.4 Å². The van der Waals surface area contributed by atoms with Gasteiger partial charge in [0.2, 0.25) is 0 Å². The quantitative estimate of drug-likeness (QED) is 0.732. The van der Waals surface area contributed by atoms with Crippen LogP contribution in [0.15, 0.2) is 41.1 Å². The topological polar surface area (TPSA) is 54.1 Å². The number of hydrogen-bond acceptors (Lipinski definition) is 4. The van der Waals surface area contributed by atoms with Crippen LogP contribution in [0.4, 0.5) is 14.5 Å². The molecule has 2 aromatic rings. The molecule has 116 valence electrons. The largest absolute Gasteiger partial charge is 0.421 e. The Kier molecular flexibility index (Phi) is 4.98. The van der Waals surface area contributed by atoms with Crippen LogP contribution in [0.5, 0.6) is 0 Å². The van der Waals surface area contributed by atoms with Crippen LogP contribution in [0.25, 0.3) is 5.69 Å². The predicted molar refractivity (Wildman–Crippen MR) is 81.0 cm³/mol. The highest BCUT2D eigenvalue weighted by Gasteiger charge is 2.32. The molecule has 0 fully saturated rings. The van der Waals surface area contributed by atoms with E-state index in [0.29, 0.717) is 5.69 Å². The van der Waals surface area contributed by atoms with Crippen molar-refractivity contribution in [1.82, 2.24) is 9.78 Å². The van der Waals surface area contributed by atoms with Gasteiger partial charge in [-0.05, 0) is 18.2 Å². The fourth-order valence-corrected chi connectivity index (χ4v) is 2.28. The van der Waals surface area contributed by atoms with E-state index >= 15 is 0 Å². The van der Waals surface area contributed by atoms with Gasteiger partial charge >= 0.3 is 0 Å². The number of aromatic nitrogens is 2. The lowest BCUT2D eigenvalue weighted by Crippen LogP contribution is -2.37. The second-order valence-corrected chi connectivity index (χ2v) is 5.63. The van der Waals surface area contributed by atoms with Gasteiger partial charge < -0.3 is 9.64 Å². The molecule has 22 heavy (non-hydrogen) atoms. The van der Waals surface area contributed by atoms with Crippen molar-refractivity contribution in [2.45, 2.75) is 5.92 Å². The first-order chi connectivity index (χ1) is 10.4. The first kappa shape index (κ1) is 16.2. The third-order valence-corrected chi connectivity index (χ3v) is 3.39. The van der Waals surface area contributed by atoms with Crippen LogP contribution in [0.1, 0.15) is 0 Å². The molecule has 8 heteroatoms. The monoisotopic (exact) mass is 370 g/mol. The van der Waals surface area contributed by atoms with Crippen LogP contribution in [0.3, 0.4) is 0 Å². The van der Waals surface area contributed by atoms with Gasteiger partial charge in [0, 0.05) is 11.5 Å². The van der Waals surface area contributed by atoms with Crippen molar-refractivity contribution in [2.24, 2.45) is 0 Å². The molecule has 0 spiro atoms. The summed E-state index contributed by atoms with van der Waals surface area (Å²) in [5.41, 5.74) is 1.35. The highest BCUT2D eigenvalue weighted by Crippen LogP contribution is 2.22. The fourth-order valence-electron chi connectivity index (χ4n) is 1.89. The van der Waals surface area contributed by atoms with Crippen LogP contribution < -0.4 is 4.90 Å². The molecule has 0 aliphatic carbocycles. The Morgan fingerprint density at radius 1 is 1.50 bits per heavy atom. The summed E-state index contributed by atoms with van der Waals surface area (Å²) in [5.74, 6) is -3.12. The van der Waals surface area contributed by atoms with Gasteiger partial charge in [0.05, 0.1) is 30.3 Å². The number of benzene rings is 1. The molecule has 5 nitrogen and oxygen atoms in total. The molecule has 1 heterocycles. The molecule has 0 radical (unpaired) electrons. The van der Waals surface area contributed by atoms with Crippen LogP contribution in [-0.2, 0) is 4.74 Å². The second kappa shape index (κ2) is 6.75. The van der Waals surface area contributed by atoms with Gasteiger partial charge in [-0.1, -0.05) is 22.0 Å². The van der Waals surface area contributed by atoms with Gasteiger partial charge in [-0.25, -0.2) is 13.5 Å². The van der Waals surface area contributed by atoms with Crippen LogP contribution in [0, 0.1) is 11.5 Å². The van der Waals surface area contributed by atoms with E-state index in [1.54, 1.807) is 10.9 Å². The minimum atomic E-state index is -3.12. The molecule has 0 N–H and O–H groups in total. The van der Waals surface area contributed by atoms with Gasteiger partial charge in [0.25, 0.3) is 12.2 Å². The molecule has 1 aromatic heterocycles. The highest BCUT2D eigenvalue weighted by atomic mass is 79.9. The number of anilines is 1. The highest BCUT2D eigenvalue weighted by molar-refractivity contribution is 9.10. The summed E-state index contributed by atoms with van der Waals surface area (Å²) >= 11 is 3.37. The Hall–Kier alpha value is -2.14. The zero-order valence-corrected chi connectivity index (χ0v) is 13.3. The van der Waals surface area contributed by atoms with Crippen molar-refractivity contribution in [1.29, 1.82) is 5.26 Å². The van der Waals surface area contributed by atoms with Gasteiger partial charge in [-0.15, -0.1) is 0 Å². The van der Waals surface area contributed by atoms with Crippen molar-refractivity contribution in [3.05, 3.63) is 41.1 Å². The summed E-state index contributed by atoms with van der Waals surface area (Å²) < 4.78 is 33.8. The molecule has 0 atom stereocenters. The average molecular weight is 371 g/mol. The van der Waals surface area contributed by atoms with E-state index in [1.807, 2.05) is 24.3 Å². The van der Waals surface area contributed by atoms with E-state index in [4.69, 9.17) is 5.26 Å². The summed E-state index contributed by atoms with van der Waals surface area (Å²) in [7, 11) is 1.53. The standard InChI is InChI=1S/C14H13BrF2N4O/c1-20(8-14(16,17)9-22-10-18)13-6-19-21(7-13)12-4-2-3-11(15)5-12/h2-7H,8-9H2,1H3. The number of alkyl halides is 2. The van der Waals surface area contributed by atoms with Crippen molar-refractivity contribution < 1.29 is 13.5 Å². The molecule has 2 rings (SSSR count). The van der Waals surface area contributed by atoms with E-state index < -0.39 is 19.1 Å². The summed E-state index contributed by atoms with van der Waals surface area (Å²) in [6.07, 6.45) is 4.41. The van der Waals surface area contributed by atoms with Crippen molar-refractivity contribution in [2.75, 3.05) is 25.1 Å². The number of rotatable bonds is 6. The Bertz CT molecular complexity index is 683. The van der Waals surface area contributed by atoms with Gasteiger partial charge in [0.1, 0.15) is 0 Å². The number of ether oxygens (including phenoxy) is 1. The molecule has 0 unspecified atom stereocenters. The Morgan fingerprint density at radius 2 is 2.27 bits per heavy atom. The smallest absolute Gasteiger partial charge is 0.299 e. The van der Waals surface area contributed by atoms with Crippen molar-refractivity contribution >= 4 is 21.6 Å². The lowest BCUT2D eigenvalue weighted by molar-refractivity contribution is -0.0421. The van der Waals surface area contributed by atoms with E-state index in [-0.39, 0.29) is 0 Å². The van der Waals surface area contributed by atoms with Crippen LogP contribution >= 0.6 is 15.9 Å². The van der Waals surface area contributed by atoms with Crippen LogP contribution in [-0.4, -0.2) is 35.9 Å². The number of nitriles is 1. The van der Waals surface area contributed by atoms with Gasteiger partial charge in [0.15, 0.2) is 6.61 Å². The van der Waals surface area contributed by atoms with E-state index in [0.717, 1.165) is 10.2 Å². The van der Waals surface area contributed by atoms with Gasteiger partial charge in [-0.3, -0.25) is 0 Å². The maximum Gasteiger partial charge on any atom is 0.299 e. The summed E-state index contributed by atoms with van der Waals surface area (Å²) in [6.45, 7) is -1.51. The number of nitrogens with zero attached hydrogens (tertiary/aromatic N) is 4. The first-order valence-corrected chi connectivity index (χ1v) is 7.11. The molecular formula is C14H13BrF2N4O. The van der Waals surface area contributed by atoms with Crippen LogP contribution in [0.2, 0.25) is 0 Å². The Labute approximate surface area is 134 Å². The van der Waals surface area contributed by atoms with Crippen molar-refractivity contribution in [3.63, 3.8) is 0 Å². The molecule has 0 aliphatic rings. The Balaban J connectivity index is 2.09. The number of hydrogen-bond donors (Lipinski definition) is 0. The van der Waals surface area contributed by atoms with Gasteiger partial charge in [-0.2, -0.15) is 10.4 Å². The molecule has 0 saturated heterocycles. The zero-order valence-electron chi connectivity index (χ0n) is 11.7. The molecular weight excluding hydrogens is 358 g/mol. The predicted octanol–water partition coefficient (Wildman–Crippen LogP) is 3.20. The lowest BCUT2D eigenvalue weighted by Gasteiger charge is -2.23. The SMILES string of the molecule is CN(CC(F)(F)COC#N)c1cnn(-c2cccc(Br)c2)c1. The minimum Gasteiger partial charge on any atom is -0.421 e. The normalized spacial score (nSPS) is 11.0. The maximum atomic E-state index is 13.6. The fraction of sp³-hybridized carbons (Fsp3) is 0.286. The minimum absolute atomic E-state index is 0.539. The number of halogens is 3. The summed E-state index contributed by atoms with van der Waals surface area (Å²) in [4.78, 5) is 1.36. The third-order valence-electron chi connectivity index (χ3n) is 2.90. The molecule has 0 aliphatic heterocycles. The third kappa shape index (κ3) is 4.18.